The minimum atomic E-state index is -0.383. The normalized spacial score (nSPS) is 26.5. The van der Waals surface area contributed by atoms with Gasteiger partial charge in [0.2, 0.25) is 11.8 Å². The number of hydrogen-bond acceptors (Lipinski definition) is 2. The van der Waals surface area contributed by atoms with Gasteiger partial charge in [0.15, 0.2) is 0 Å². The van der Waals surface area contributed by atoms with Gasteiger partial charge in [0.25, 0.3) is 0 Å². The molecule has 1 aliphatic rings. The van der Waals surface area contributed by atoms with E-state index in [9.17, 15) is 9.59 Å². The Bertz CT molecular complexity index is 387. The topological polar surface area (TPSA) is 49.4 Å². The molecule has 4 heteroatoms. The number of nitrogens with one attached hydrogen (secondary N) is 1. The summed E-state index contributed by atoms with van der Waals surface area (Å²) in [5.41, 5.74) is -0.262. The zero-order valence-electron chi connectivity index (χ0n) is 14.7. The lowest BCUT2D eigenvalue weighted by molar-refractivity contribution is -0.158. The maximum Gasteiger partial charge on any atom is 0.246 e. The van der Waals surface area contributed by atoms with Crippen LogP contribution in [0.15, 0.2) is 0 Å². The number of nitrogens with zero attached hydrogens (tertiary/aromatic N) is 1. The summed E-state index contributed by atoms with van der Waals surface area (Å²) in [4.78, 5) is 27.4. The molecule has 1 rings (SSSR count). The van der Waals surface area contributed by atoms with Crippen LogP contribution in [0.3, 0.4) is 0 Å². The molecule has 0 aromatic rings. The predicted octanol–water partition coefficient (Wildman–Crippen LogP) is 2.96. The average Bonchev–Trinajstić information content (AvgIpc) is 2.38. The Morgan fingerprint density at radius 3 is 2.19 bits per heavy atom. The van der Waals surface area contributed by atoms with Crippen LogP contribution >= 0.6 is 0 Å². The third-order valence-corrected chi connectivity index (χ3v) is 4.56. The first-order valence-electron chi connectivity index (χ1n) is 8.27. The molecular weight excluding hydrogens is 264 g/mol. The Kier molecular flexibility index (Phi) is 5.83. The second-order valence-corrected chi connectivity index (χ2v) is 7.52. The van der Waals surface area contributed by atoms with Crippen molar-refractivity contribution in [1.29, 1.82) is 0 Å². The molecule has 0 bridgehead atoms. The van der Waals surface area contributed by atoms with Crippen LogP contribution in [0.1, 0.15) is 67.7 Å². The summed E-state index contributed by atoms with van der Waals surface area (Å²) >= 11 is 0. The maximum atomic E-state index is 13.0. The molecule has 0 radical (unpaired) electrons. The first-order chi connectivity index (χ1) is 9.65. The van der Waals surface area contributed by atoms with Crippen LogP contribution < -0.4 is 5.32 Å². The molecular formula is C17H32N2O2. The van der Waals surface area contributed by atoms with E-state index in [1.54, 1.807) is 0 Å². The molecule has 0 spiro atoms. The van der Waals surface area contributed by atoms with E-state index in [1.165, 1.54) is 0 Å². The number of piperazine rings is 1. The Labute approximate surface area is 129 Å². The van der Waals surface area contributed by atoms with Crippen LogP contribution in [-0.2, 0) is 9.59 Å². The van der Waals surface area contributed by atoms with Gasteiger partial charge in [-0.25, -0.2) is 0 Å². The second-order valence-electron chi connectivity index (χ2n) is 7.52. The van der Waals surface area contributed by atoms with Gasteiger partial charge in [-0.3, -0.25) is 9.59 Å². The van der Waals surface area contributed by atoms with E-state index >= 15 is 0 Å². The smallest absolute Gasteiger partial charge is 0.246 e. The van der Waals surface area contributed by atoms with E-state index in [2.05, 4.69) is 26.1 Å². The van der Waals surface area contributed by atoms with Gasteiger partial charge in [-0.2, -0.15) is 0 Å². The third kappa shape index (κ3) is 3.78. The fraction of sp³-hybridized carbons (Fsp3) is 0.882. The van der Waals surface area contributed by atoms with E-state index in [0.717, 1.165) is 19.3 Å². The molecule has 122 valence electrons. The summed E-state index contributed by atoms with van der Waals surface area (Å²) in [6.07, 6.45) is 2.82. The molecule has 0 saturated carbocycles. The third-order valence-electron chi connectivity index (χ3n) is 4.56. The summed E-state index contributed by atoms with van der Waals surface area (Å²) in [6.45, 7) is 14.3. The summed E-state index contributed by atoms with van der Waals surface area (Å²) in [7, 11) is 0. The van der Waals surface area contributed by atoms with Crippen molar-refractivity contribution in [3.05, 3.63) is 0 Å². The molecule has 0 aromatic carbocycles. The van der Waals surface area contributed by atoms with Crippen molar-refractivity contribution in [3.8, 4) is 0 Å². The average molecular weight is 296 g/mol. The van der Waals surface area contributed by atoms with Crippen LogP contribution in [0.5, 0.6) is 0 Å². The monoisotopic (exact) mass is 296 g/mol. The standard InChI is InChI=1S/C17H32N2O2/c1-8-10-12(4)19-14(17(5,6)7)15(20)18-13(16(19)21)11(3)9-2/h11-14H,8-10H2,1-7H3,(H,18,20). The zero-order valence-corrected chi connectivity index (χ0v) is 14.7. The summed E-state index contributed by atoms with van der Waals surface area (Å²) in [5.74, 6) is 0.249. The van der Waals surface area contributed by atoms with Crippen LogP contribution in [0.4, 0.5) is 0 Å². The Morgan fingerprint density at radius 2 is 1.76 bits per heavy atom. The van der Waals surface area contributed by atoms with Gasteiger partial charge in [-0.1, -0.05) is 54.4 Å². The van der Waals surface area contributed by atoms with Gasteiger partial charge >= 0.3 is 0 Å². The molecule has 4 unspecified atom stereocenters. The quantitative estimate of drug-likeness (QED) is 0.848. The van der Waals surface area contributed by atoms with Crippen molar-refractivity contribution in [3.63, 3.8) is 0 Å². The molecule has 1 aliphatic heterocycles. The van der Waals surface area contributed by atoms with Crippen molar-refractivity contribution in [1.82, 2.24) is 10.2 Å². The van der Waals surface area contributed by atoms with Crippen molar-refractivity contribution in [2.45, 2.75) is 85.9 Å². The molecule has 1 saturated heterocycles. The SMILES string of the molecule is CCCC(C)N1C(=O)C(C(C)CC)NC(=O)C1C(C)(C)C. The van der Waals surface area contributed by atoms with Crippen molar-refractivity contribution >= 4 is 11.8 Å². The number of amides is 2. The van der Waals surface area contributed by atoms with Crippen LogP contribution in [0, 0.1) is 11.3 Å². The van der Waals surface area contributed by atoms with Gasteiger partial charge in [0.05, 0.1) is 0 Å². The molecule has 4 nitrogen and oxygen atoms in total. The lowest BCUT2D eigenvalue weighted by Gasteiger charge is -2.48. The highest BCUT2D eigenvalue weighted by molar-refractivity contribution is 5.97. The van der Waals surface area contributed by atoms with E-state index in [1.807, 2.05) is 32.6 Å². The number of hydrogen-bond donors (Lipinski definition) is 1. The van der Waals surface area contributed by atoms with Crippen LogP contribution in [0.25, 0.3) is 0 Å². The lowest BCUT2D eigenvalue weighted by atomic mass is 9.80. The molecule has 4 atom stereocenters. The Morgan fingerprint density at radius 1 is 1.19 bits per heavy atom. The number of carbonyl (C=O) groups is 2. The summed E-state index contributed by atoms with van der Waals surface area (Å²) < 4.78 is 0. The highest BCUT2D eigenvalue weighted by atomic mass is 16.2. The van der Waals surface area contributed by atoms with E-state index in [4.69, 9.17) is 0 Å². The Balaban J connectivity index is 3.17. The first kappa shape index (κ1) is 18.0. The molecule has 1 heterocycles. The predicted molar refractivity (Wildman–Crippen MR) is 85.8 cm³/mol. The van der Waals surface area contributed by atoms with E-state index in [0.29, 0.717) is 0 Å². The van der Waals surface area contributed by atoms with Crippen LogP contribution in [-0.4, -0.2) is 34.8 Å². The van der Waals surface area contributed by atoms with Gasteiger partial charge in [-0.15, -0.1) is 0 Å². The minimum absolute atomic E-state index is 0.00430. The van der Waals surface area contributed by atoms with Gasteiger partial charge in [-0.05, 0) is 24.7 Å². The fourth-order valence-corrected chi connectivity index (χ4v) is 3.17. The van der Waals surface area contributed by atoms with Crippen LogP contribution in [0.2, 0.25) is 0 Å². The summed E-state index contributed by atoms with van der Waals surface area (Å²) in [5, 5.41) is 2.97. The molecule has 0 aromatic heterocycles. The molecule has 21 heavy (non-hydrogen) atoms. The van der Waals surface area contributed by atoms with Gasteiger partial charge < -0.3 is 10.2 Å². The largest absolute Gasteiger partial charge is 0.342 e. The van der Waals surface area contributed by atoms with Crippen molar-refractivity contribution in [2.24, 2.45) is 11.3 Å². The molecule has 0 aliphatic carbocycles. The first-order valence-corrected chi connectivity index (χ1v) is 8.27. The van der Waals surface area contributed by atoms with E-state index in [-0.39, 0.29) is 41.3 Å². The fourth-order valence-electron chi connectivity index (χ4n) is 3.17. The van der Waals surface area contributed by atoms with Crippen molar-refractivity contribution in [2.75, 3.05) is 0 Å². The zero-order chi connectivity index (χ0) is 16.4. The Hall–Kier alpha value is -1.06. The number of carbonyl (C=O) groups excluding carboxylic acids is 2. The van der Waals surface area contributed by atoms with Gasteiger partial charge in [0, 0.05) is 6.04 Å². The highest BCUT2D eigenvalue weighted by Gasteiger charge is 2.48. The maximum absolute atomic E-state index is 13.0. The van der Waals surface area contributed by atoms with Gasteiger partial charge in [0.1, 0.15) is 12.1 Å². The summed E-state index contributed by atoms with van der Waals surface area (Å²) in [6, 6.07) is -0.656. The lowest BCUT2D eigenvalue weighted by Crippen LogP contribution is -2.69. The van der Waals surface area contributed by atoms with Crippen molar-refractivity contribution < 1.29 is 9.59 Å². The van der Waals surface area contributed by atoms with E-state index < -0.39 is 0 Å². The molecule has 2 amide bonds. The highest BCUT2D eigenvalue weighted by Crippen LogP contribution is 2.31. The number of rotatable bonds is 5. The minimum Gasteiger partial charge on any atom is -0.342 e. The second kappa shape index (κ2) is 6.80. The molecule has 1 N–H and O–H groups in total. The molecule has 1 fully saturated rings.